The molecule has 0 unspecified atom stereocenters. The van der Waals surface area contributed by atoms with Gasteiger partial charge in [-0.25, -0.2) is 4.98 Å². The number of carbonyl (C=O) groups is 1. The molecule has 2 aromatic rings. The van der Waals surface area contributed by atoms with Crippen LogP contribution in [0.15, 0.2) is 41.0 Å². The predicted octanol–water partition coefficient (Wildman–Crippen LogP) is 3.17. The normalized spacial score (nSPS) is 14.8. The Bertz CT molecular complexity index is 841. The minimum absolute atomic E-state index is 0.115. The van der Waals surface area contributed by atoms with Crippen molar-refractivity contribution in [3.05, 3.63) is 56.1 Å². The lowest BCUT2D eigenvalue weighted by Crippen LogP contribution is -2.48. The molecule has 142 valence electrons. The van der Waals surface area contributed by atoms with Crippen LogP contribution in [0, 0.1) is 10.1 Å². The number of halogens is 2. The molecule has 1 aromatic heterocycles. The maximum atomic E-state index is 12.3. The average molecular weight is 455 g/mol. The highest BCUT2D eigenvalue weighted by Crippen LogP contribution is 2.26. The maximum absolute atomic E-state index is 12.3. The fourth-order valence-corrected chi connectivity index (χ4v) is 3.26. The number of benzene rings is 1. The van der Waals surface area contributed by atoms with Crippen LogP contribution in [0.25, 0.3) is 0 Å². The summed E-state index contributed by atoms with van der Waals surface area (Å²) in [4.78, 5) is 31.1. The number of non-ortho nitro benzene ring substituents is 1. The molecule has 0 saturated carbocycles. The van der Waals surface area contributed by atoms with Crippen LogP contribution in [-0.4, -0.2) is 53.4 Å². The van der Waals surface area contributed by atoms with Crippen molar-refractivity contribution in [2.75, 3.05) is 42.9 Å². The largest absolute Gasteiger partial charge is 0.354 e. The van der Waals surface area contributed by atoms with Gasteiger partial charge in [0.05, 0.1) is 22.2 Å². The summed E-state index contributed by atoms with van der Waals surface area (Å²) in [5.41, 5.74) is 0.251. The van der Waals surface area contributed by atoms with E-state index < -0.39 is 4.92 Å². The van der Waals surface area contributed by atoms with Crippen LogP contribution in [-0.2, 0) is 4.79 Å². The van der Waals surface area contributed by atoms with Gasteiger partial charge in [0, 0.05) is 49.0 Å². The highest BCUT2D eigenvalue weighted by atomic mass is 79.9. The summed E-state index contributed by atoms with van der Waals surface area (Å²) in [6.45, 7) is 3.26. The second-order valence-corrected chi connectivity index (χ2v) is 7.39. The number of amides is 1. The lowest BCUT2D eigenvalue weighted by atomic mass is 10.2. The fourth-order valence-electron chi connectivity index (χ4n) is 2.80. The second kappa shape index (κ2) is 8.64. The number of hydrogen-bond acceptors (Lipinski definition) is 6. The number of anilines is 2. The fraction of sp³-hybridized carbons (Fsp3) is 0.294. The van der Waals surface area contributed by atoms with E-state index in [0.29, 0.717) is 5.69 Å². The zero-order valence-corrected chi connectivity index (χ0v) is 16.6. The van der Waals surface area contributed by atoms with Crippen LogP contribution < -0.4 is 10.2 Å². The third kappa shape index (κ3) is 5.15. The Morgan fingerprint density at radius 2 is 2.00 bits per heavy atom. The lowest BCUT2D eigenvalue weighted by molar-refractivity contribution is -0.384. The molecule has 0 radical (unpaired) electrons. The molecule has 0 aliphatic carbocycles. The first kappa shape index (κ1) is 19.5. The molecular formula is C17H17BrClN5O3. The minimum Gasteiger partial charge on any atom is -0.354 e. The molecular weight excluding hydrogens is 438 g/mol. The number of aromatic nitrogens is 1. The molecule has 8 nitrogen and oxygen atoms in total. The number of pyridine rings is 1. The Kier molecular flexibility index (Phi) is 6.25. The van der Waals surface area contributed by atoms with Gasteiger partial charge in [0.25, 0.3) is 5.69 Å². The van der Waals surface area contributed by atoms with Gasteiger partial charge in [-0.15, -0.1) is 0 Å². The highest BCUT2D eigenvalue weighted by molar-refractivity contribution is 9.10. The van der Waals surface area contributed by atoms with E-state index in [0.717, 1.165) is 36.5 Å². The summed E-state index contributed by atoms with van der Waals surface area (Å²) in [6.07, 6.45) is 1.77. The summed E-state index contributed by atoms with van der Waals surface area (Å²) in [5.74, 6) is 0.709. The zero-order valence-electron chi connectivity index (χ0n) is 14.3. The van der Waals surface area contributed by atoms with Gasteiger partial charge in [0.2, 0.25) is 5.91 Å². The van der Waals surface area contributed by atoms with Crippen molar-refractivity contribution < 1.29 is 9.72 Å². The molecule has 1 fully saturated rings. The van der Waals surface area contributed by atoms with E-state index >= 15 is 0 Å². The van der Waals surface area contributed by atoms with E-state index in [4.69, 9.17) is 11.6 Å². The van der Waals surface area contributed by atoms with Crippen LogP contribution >= 0.6 is 27.5 Å². The molecule has 3 rings (SSSR count). The van der Waals surface area contributed by atoms with Crippen molar-refractivity contribution in [2.24, 2.45) is 0 Å². The second-order valence-electron chi connectivity index (χ2n) is 6.07. The van der Waals surface area contributed by atoms with Gasteiger partial charge >= 0.3 is 0 Å². The Morgan fingerprint density at radius 1 is 1.26 bits per heavy atom. The summed E-state index contributed by atoms with van der Waals surface area (Å²) in [6, 6.07) is 7.89. The number of nitro groups is 1. The molecule has 1 aliphatic heterocycles. The Hall–Kier alpha value is -2.23. The Morgan fingerprint density at radius 3 is 2.59 bits per heavy atom. The molecule has 0 spiro atoms. The Balaban J connectivity index is 1.51. The summed E-state index contributed by atoms with van der Waals surface area (Å²) in [5, 5.41) is 13.6. The molecule has 27 heavy (non-hydrogen) atoms. The number of nitrogens with zero attached hydrogens (tertiary/aromatic N) is 4. The predicted molar refractivity (Wildman–Crippen MR) is 107 cm³/mol. The van der Waals surface area contributed by atoms with Crippen LogP contribution in [0.5, 0.6) is 0 Å². The zero-order chi connectivity index (χ0) is 19.4. The molecule has 1 aliphatic rings. The van der Waals surface area contributed by atoms with E-state index in [1.54, 1.807) is 6.20 Å². The van der Waals surface area contributed by atoms with E-state index in [9.17, 15) is 14.9 Å². The van der Waals surface area contributed by atoms with E-state index in [-0.39, 0.29) is 23.2 Å². The molecule has 1 N–H and O–H groups in total. The number of carbonyl (C=O) groups excluding carboxylic acids is 1. The van der Waals surface area contributed by atoms with Crippen molar-refractivity contribution in [1.82, 2.24) is 9.88 Å². The summed E-state index contributed by atoms with van der Waals surface area (Å²) >= 11 is 9.38. The van der Waals surface area contributed by atoms with Crippen LogP contribution in [0.4, 0.5) is 17.2 Å². The van der Waals surface area contributed by atoms with Crippen molar-refractivity contribution >= 4 is 50.6 Å². The quantitative estimate of drug-likeness (QED) is 0.551. The van der Waals surface area contributed by atoms with Gasteiger partial charge in [-0.05, 0) is 34.1 Å². The first-order valence-corrected chi connectivity index (χ1v) is 9.42. The first-order valence-electron chi connectivity index (χ1n) is 8.25. The van der Waals surface area contributed by atoms with E-state index in [2.05, 4.69) is 31.1 Å². The molecule has 0 atom stereocenters. The number of hydrogen-bond donors (Lipinski definition) is 1. The maximum Gasteiger partial charge on any atom is 0.271 e. The number of nitrogens with one attached hydrogen (secondary N) is 1. The highest BCUT2D eigenvalue weighted by Gasteiger charge is 2.20. The van der Waals surface area contributed by atoms with Crippen molar-refractivity contribution in [3.8, 4) is 0 Å². The van der Waals surface area contributed by atoms with Crippen LogP contribution in [0.1, 0.15) is 0 Å². The van der Waals surface area contributed by atoms with Gasteiger partial charge in [0.1, 0.15) is 5.82 Å². The van der Waals surface area contributed by atoms with Crippen LogP contribution in [0.2, 0.25) is 5.02 Å². The van der Waals surface area contributed by atoms with E-state index in [1.807, 2.05) is 17.0 Å². The smallest absolute Gasteiger partial charge is 0.271 e. The summed E-state index contributed by atoms with van der Waals surface area (Å²) in [7, 11) is 0. The SMILES string of the molecule is O=C(CN1CCN(c2ccc(Br)cn2)CC1)Nc1ccc([N+](=O)[O-])cc1Cl. The number of rotatable bonds is 5. The van der Waals surface area contributed by atoms with Gasteiger partial charge < -0.3 is 10.2 Å². The number of piperazine rings is 1. The van der Waals surface area contributed by atoms with Gasteiger partial charge in [-0.1, -0.05) is 11.6 Å². The Labute approximate surface area is 169 Å². The lowest BCUT2D eigenvalue weighted by Gasteiger charge is -2.35. The van der Waals surface area contributed by atoms with Crippen molar-refractivity contribution in [1.29, 1.82) is 0 Å². The molecule has 1 aromatic carbocycles. The van der Waals surface area contributed by atoms with Gasteiger partial charge in [-0.2, -0.15) is 0 Å². The standard InChI is InChI=1S/C17H17BrClN5O3/c18-12-1-4-16(20-10-12)23-7-5-22(6-8-23)11-17(25)21-15-3-2-13(24(26)27)9-14(15)19/h1-4,9-10H,5-8,11H2,(H,21,25). The average Bonchev–Trinajstić information content (AvgIpc) is 2.64. The first-order chi connectivity index (χ1) is 12.9. The third-order valence-corrected chi connectivity index (χ3v) is 4.99. The molecule has 10 heteroatoms. The monoisotopic (exact) mass is 453 g/mol. The van der Waals surface area contributed by atoms with Gasteiger partial charge in [0.15, 0.2) is 0 Å². The number of nitro benzene ring substituents is 1. The van der Waals surface area contributed by atoms with Crippen molar-refractivity contribution in [3.63, 3.8) is 0 Å². The minimum atomic E-state index is -0.531. The van der Waals surface area contributed by atoms with Crippen LogP contribution in [0.3, 0.4) is 0 Å². The molecule has 2 heterocycles. The molecule has 1 amide bonds. The van der Waals surface area contributed by atoms with Gasteiger partial charge in [-0.3, -0.25) is 19.8 Å². The summed E-state index contributed by atoms with van der Waals surface area (Å²) < 4.78 is 0.937. The topological polar surface area (TPSA) is 91.6 Å². The molecule has 1 saturated heterocycles. The molecule has 0 bridgehead atoms. The van der Waals surface area contributed by atoms with Crippen molar-refractivity contribution in [2.45, 2.75) is 0 Å². The third-order valence-electron chi connectivity index (χ3n) is 4.21. The van der Waals surface area contributed by atoms with E-state index in [1.165, 1.54) is 18.2 Å².